The average Bonchev–Trinajstić information content (AvgIpc) is 3.18. The fraction of sp³-hybridized carbons (Fsp3) is 0.571. The number of nitrogens with zero attached hydrogens (tertiary/aromatic N) is 6. The Morgan fingerprint density at radius 1 is 1.39 bits per heavy atom. The van der Waals surface area contributed by atoms with Crippen molar-refractivity contribution in [3.05, 3.63) is 10.4 Å². The number of fused-ring (bicyclic) bond motifs is 5. The van der Waals surface area contributed by atoms with Gasteiger partial charge in [0.05, 0.1) is 5.39 Å². The van der Waals surface area contributed by atoms with Crippen molar-refractivity contribution in [3.8, 4) is 0 Å². The number of thiophene rings is 1. The standard InChI is InChI=1S/C14H19N7OS/c1-2-20-6-4-9-10(8-20)23-13-11(9)12(15-5-3-7-22)16-14-17-18-19-21(13)14/h22H,2-8H2,1H3,(H,15,16,17,19). The molecule has 0 aromatic carbocycles. The number of aliphatic hydroxyl groups is 1. The van der Waals surface area contributed by atoms with Gasteiger partial charge in [-0.1, -0.05) is 12.0 Å². The fourth-order valence-electron chi connectivity index (χ4n) is 3.06. The van der Waals surface area contributed by atoms with Gasteiger partial charge >= 0.3 is 0 Å². The Kier molecular flexibility index (Phi) is 3.83. The van der Waals surface area contributed by atoms with Crippen LogP contribution >= 0.6 is 11.3 Å². The third-order valence-electron chi connectivity index (χ3n) is 4.29. The quantitative estimate of drug-likeness (QED) is 0.670. The third kappa shape index (κ3) is 2.44. The number of nitrogens with one attached hydrogen (secondary N) is 1. The number of likely N-dealkylation sites (N-methyl/N-ethyl adjacent to an activating group) is 1. The molecule has 0 fully saturated rings. The Morgan fingerprint density at radius 2 is 2.30 bits per heavy atom. The summed E-state index contributed by atoms with van der Waals surface area (Å²) in [5, 5.41) is 25.3. The van der Waals surface area contributed by atoms with E-state index in [0.29, 0.717) is 18.7 Å². The van der Waals surface area contributed by atoms with Crippen LogP contribution in [0, 0.1) is 0 Å². The highest BCUT2D eigenvalue weighted by Gasteiger charge is 2.24. The van der Waals surface area contributed by atoms with Gasteiger partial charge in [-0.05, 0) is 35.4 Å². The number of anilines is 1. The molecule has 0 aliphatic carbocycles. The van der Waals surface area contributed by atoms with E-state index < -0.39 is 0 Å². The Balaban J connectivity index is 1.87. The molecule has 3 aromatic heterocycles. The van der Waals surface area contributed by atoms with Gasteiger partial charge in [-0.2, -0.15) is 9.50 Å². The summed E-state index contributed by atoms with van der Waals surface area (Å²) in [5.74, 6) is 1.34. The maximum Gasteiger partial charge on any atom is 0.276 e. The topological polar surface area (TPSA) is 91.5 Å². The molecule has 4 heterocycles. The summed E-state index contributed by atoms with van der Waals surface area (Å²) < 4.78 is 1.73. The summed E-state index contributed by atoms with van der Waals surface area (Å²) in [6, 6.07) is 0. The summed E-state index contributed by atoms with van der Waals surface area (Å²) in [5.41, 5.74) is 1.37. The first-order valence-corrected chi connectivity index (χ1v) is 8.73. The highest BCUT2D eigenvalue weighted by molar-refractivity contribution is 7.19. The van der Waals surface area contributed by atoms with Gasteiger partial charge < -0.3 is 10.4 Å². The number of tetrazole rings is 1. The highest BCUT2D eigenvalue weighted by atomic mass is 32.1. The summed E-state index contributed by atoms with van der Waals surface area (Å²) in [6.45, 7) is 6.15. The number of hydrogen-bond acceptors (Lipinski definition) is 8. The highest BCUT2D eigenvalue weighted by Crippen LogP contribution is 2.38. The molecular weight excluding hydrogens is 314 g/mol. The predicted octanol–water partition coefficient (Wildman–Crippen LogP) is 0.906. The summed E-state index contributed by atoms with van der Waals surface area (Å²) in [4.78, 5) is 9.46. The van der Waals surface area contributed by atoms with Crippen LogP contribution in [0.3, 0.4) is 0 Å². The molecular formula is C14H19N7OS. The molecule has 0 bridgehead atoms. The second-order valence-corrected chi connectivity index (χ2v) is 6.74. The molecule has 0 spiro atoms. The summed E-state index contributed by atoms with van der Waals surface area (Å²) >= 11 is 1.76. The second-order valence-electron chi connectivity index (χ2n) is 5.66. The van der Waals surface area contributed by atoms with E-state index in [0.717, 1.165) is 42.1 Å². The minimum Gasteiger partial charge on any atom is -0.396 e. The average molecular weight is 333 g/mol. The first-order valence-electron chi connectivity index (χ1n) is 7.91. The lowest BCUT2D eigenvalue weighted by atomic mass is 10.0. The molecule has 1 aliphatic heterocycles. The Morgan fingerprint density at radius 3 is 3.13 bits per heavy atom. The number of aliphatic hydroxyl groups excluding tert-OH is 1. The molecule has 8 nitrogen and oxygen atoms in total. The lowest BCUT2D eigenvalue weighted by Crippen LogP contribution is -2.29. The van der Waals surface area contributed by atoms with Crippen molar-refractivity contribution in [2.45, 2.75) is 26.3 Å². The van der Waals surface area contributed by atoms with Crippen LogP contribution in [0.1, 0.15) is 23.8 Å². The molecule has 23 heavy (non-hydrogen) atoms. The molecule has 0 saturated carbocycles. The van der Waals surface area contributed by atoms with Crippen molar-refractivity contribution < 1.29 is 5.11 Å². The molecule has 0 unspecified atom stereocenters. The van der Waals surface area contributed by atoms with E-state index in [-0.39, 0.29) is 6.61 Å². The monoisotopic (exact) mass is 333 g/mol. The van der Waals surface area contributed by atoms with Gasteiger partial charge in [0.25, 0.3) is 5.78 Å². The van der Waals surface area contributed by atoms with E-state index >= 15 is 0 Å². The van der Waals surface area contributed by atoms with E-state index in [1.165, 1.54) is 10.4 Å². The Hall–Kier alpha value is -1.84. The van der Waals surface area contributed by atoms with E-state index in [1.54, 1.807) is 15.9 Å². The molecule has 0 saturated heterocycles. The number of aromatic nitrogens is 5. The van der Waals surface area contributed by atoms with Gasteiger partial charge in [-0.3, -0.25) is 4.90 Å². The number of hydrogen-bond donors (Lipinski definition) is 2. The van der Waals surface area contributed by atoms with Crippen LogP contribution in [-0.4, -0.2) is 61.3 Å². The SMILES string of the molecule is CCN1CCc2c(sc3c2c(NCCCO)nc2nnnn23)C1. The maximum atomic E-state index is 9.00. The van der Waals surface area contributed by atoms with Crippen LogP contribution in [-0.2, 0) is 13.0 Å². The fourth-order valence-corrected chi connectivity index (χ4v) is 4.39. The molecule has 0 radical (unpaired) electrons. The predicted molar refractivity (Wildman–Crippen MR) is 88.8 cm³/mol. The van der Waals surface area contributed by atoms with Crippen LogP contribution in [0.15, 0.2) is 0 Å². The van der Waals surface area contributed by atoms with Crippen molar-refractivity contribution >= 4 is 33.1 Å². The molecule has 9 heteroatoms. The summed E-state index contributed by atoms with van der Waals surface area (Å²) in [6.07, 6.45) is 1.71. The van der Waals surface area contributed by atoms with Crippen LogP contribution in [0.4, 0.5) is 5.82 Å². The van der Waals surface area contributed by atoms with Crippen molar-refractivity contribution in [1.82, 2.24) is 29.9 Å². The zero-order valence-corrected chi connectivity index (χ0v) is 13.8. The van der Waals surface area contributed by atoms with Gasteiger partial charge in [-0.25, -0.2) is 0 Å². The Labute approximate surface area is 137 Å². The Bertz CT molecular complexity index is 842. The van der Waals surface area contributed by atoms with Crippen molar-refractivity contribution in [2.24, 2.45) is 0 Å². The second kappa shape index (κ2) is 5.99. The van der Waals surface area contributed by atoms with Crippen molar-refractivity contribution in [1.29, 1.82) is 0 Å². The molecule has 4 rings (SSSR count). The van der Waals surface area contributed by atoms with Crippen LogP contribution in [0.2, 0.25) is 0 Å². The van der Waals surface area contributed by atoms with Gasteiger partial charge in [0.15, 0.2) is 0 Å². The van der Waals surface area contributed by atoms with Crippen LogP contribution in [0.5, 0.6) is 0 Å². The third-order valence-corrected chi connectivity index (χ3v) is 5.48. The lowest BCUT2D eigenvalue weighted by molar-refractivity contribution is 0.272. The minimum atomic E-state index is 0.165. The van der Waals surface area contributed by atoms with Crippen LogP contribution in [0.25, 0.3) is 16.0 Å². The van der Waals surface area contributed by atoms with Crippen molar-refractivity contribution in [3.63, 3.8) is 0 Å². The molecule has 122 valence electrons. The maximum absolute atomic E-state index is 9.00. The molecule has 2 N–H and O–H groups in total. The minimum absolute atomic E-state index is 0.165. The van der Waals surface area contributed by atoms with E-state index in [9.17, 15) is 0 Å². The van der Waals surface area contributed by atoms with E-state index in [4.69, 9.17) is 5.11 Å². The molecule has 3 aromatic rings. The first kappa shape index (κ1) is 14.7. The van der Waals surface area contributed by atoms with Gasteiger partial charge in [0.1, 0.15) is 10.6 Å². The first-order chi connectivity index (χ1) is 11.3. The molecule has 1 aliphatic rings. The van der Waals surface area contributed by atoms with E-state index in [2.05, 4.69) is 37.6 Å². The number of rotatable bonds is 5. The van der Waals surface area contributed by atoms with Crippen molar-refractivity contribution in [2.75, 3.05) is 31.6 Å². The van der Waals surface area contributed by atoms with Gasteiger partial charge in [0, 0.05) is 31.1 Å². The normalized spacial score (nSPS) is 15.4. The van der Waals surface area contributed by atoms with Gasteiger partial charge in [0.2, 0.25) is 0 Å². The molecule has 0 atom stereocenters. The smallest absolute Gasteiger partial charge is 0.276 e. The molecule has 0 amide bonds. The van der Waals surface area contributed by atoms with E-state index in [1.807, 2.05) is 0 Å². The zero-order chi connectivity index (χ0) is 15.8. The largest absolute Gasteiger partial charge is 0.396 e. The summed E-state index contributed by atoms with van der Waals surface area (Å²) in [7, 11) is 0. The zero-order valence-electron chi connectivity index (χ0n) is 13.0. The van der Waals surface area contributed by atoms with Crippen LogP contribution < -0.4 is 5.32 Å². The lowest BCUT2D eigenvalue weighted by Gasteiger charge is -2.25. The van der Waals surface area contributed by atoms with Gasteiger partial charge in [-0.15, -0.1) is 11.3 Å².